The van der Waals surface area contributed by atoms with Gasteiger partial charge < -0.3 is 0 Å². The van der Waals surface area contributed by atoms with Crippen molar-refractivity contribution in [2.24, 2.45) is 0 Å². The Morgan fingerprint density at radius 1 is 1.04 bits per heavy atom. The van der Waals surface area contributed by atoms with E-state index in [4.69, 9.17) is 0 Å². The summed E-state index contributed by atoms with van der Waals surface area (Å²) >= 11 is 0. The van der Waals surface area contributed by atoms with Crippen LogP contribution in [0.15, 0.2) is 72.0 Å². The van der Waals surface area contributed by atoms with Gasteiger partial charge in [-0.25, -0.2) is 8.42 Å². The number of rotatable bonds is 5. The lowest BCUT2D eigenvalue weighted by molar-refractivity contribution is 0.327. The van der Waals surface area contributed by atoms with E-state index in [1.54, 1.807) is 24.5 Å². The van der Waals surface area contributed by atoms with Crippen LogP contribution >= 0.6 is 0 Å². The Bertz CT molecular complexity index is 1050. The minimum atomic E-state index is -3.14. The zero-order valence-electron chi connectivity index (χ0n) is 15.8. The van der Waals surface area contributed by atoms with Gasteiger partial charge in [0.1, 0.15) is 0 Å². The van der Waals surface area contributed by atoms with Crippen LogP contribution in [0.4, 0.5) is 0 Å². The van der Waals surface area contributed by atoms with E-state index < -0.39 is 9.84 Å². The van der Waals surface area contributed by atoms with Crippen molar-refractivity contribution in [2.75, 3.05) is 19.3 Å². The van der Waals surface area contributed by atoms with Crippen molar-refractivity contribution in [3.8, 4) is 11.3 Å². The molecule has 0 unspecified atom stereocenters. The summed E-state index contributed by atoms with van der Waals surface area (Å²) in [5.41, 5.74) is 4.52. The van der Waals surface area contributed by atoms with Crippen molar-refractivity contribution >= 4 is 9.84 Å². The van der Waals surface area contributed by atoms with Gasteiger partial charge in [-0.15, -0.1) is 0 Å². The van der Waals surface area contributed by atoms with E-state index in [9.17, 15) is 8.42 Å². The predicted octanol–water partition coefficient (Wildman–Crippen LogP) is 3.54. The van der Waals surface area contributed by atoms with Crippen LogP contribution < -0.4 is 0 Å². The van der Waals surface area contributed by atoms with E-state index in [0.717, 1.165) is 42.9 Å². The highest BCUT2D eigenvalue weighted by molar-refractivity contribution is 7.90. The van der Waals surface area contributed by atoms with Crippen molar-refractivity contribution in [2.45, 2.75) is 23.8 Å². The molecule has 1 fully saturated rings. The fourth-order valence-corrected chi connectivity index (χ4v) is 4.36. The molecule has 0 saturated carbocycles. The molecule has 3 aromatic rings. The zero-order chi connectivity index (χ0) is 19.6. The number of likely N-dealkylation sites (tertiary alicyclic amines) is 1. The molecule has 4 rings (SSSR count). The summed E-state index contributed by atoms with van der Waals surface area (Å²) in [6.45, 7) is 2.86. The SMILES string of the molecule is CS(=O)(=O)c1ccc(CN2CC[C@H](c3ccnc(-c4ccncc4)c3)C2)cc1. The summed E-state index contributed by atoms with van der Waals surface area (Å²) < 4.78 is 23.2. The van der Waals surface area contributed by atoms with Crippen molar-refractivity contribution in [1.29, 1.82) is 0 Å². The maximum Gasteiger partial charge on any atom is 0.175 e. The summed E-state index contributed by atoms with van der Waals surface area (Å²) in [5.74, 6) is 0.485. The Hall–Kier alpha value is -2.57. The molecule has 1 aliphatic heterocycles. The van der Waals surface area contributed by atoms with Crippen LogP contribution in [0, 0.1) is 0 Å². The lowest BCUT2D eigenvalue weighted by Crippen LogP contribution is -2.19. The zero-order valence-corrected chi connectivity index (χ0v) is 16.6. The maximum atomic E-state index is 11.6. The van der Waals surface area contributed by atoms with Gasteiger partial charge in [0, 0.05) is 43.5 Å². The second-order valence-electron chi connectivity index (χ2n) is 7.35. The first-order valence-electron chi connectivity index (χ1n) is 9.37. The fourth-order valence-electron chi connectivity index (χ4n) is 3.73. The molecule has 1 aliphatic rings. The molecule has 3 heterocycles. The third-order valence-electron chi connectivity index (χ3n) is 5.26. The first kappa shape index (κ1) is 18.8. The van der Waals surface area contributed by atoms with Crippen LogP contribution in [0.1, 0.15) is 23.5 Å². The van der Waals surface area contributed by atoms with Gasteiger partial charge in [0.25, 0.3) is 0 Å². The van der Waals surface area contributed by atoms with Gasteiger partial charge in [0.2, 0.25) is 0 Å². The number of aromatic nitrogens is 2. The van der Waals surface area contributed by atoms with Crippen molar-refractivity contribution < 1.29 is 8.42 Å². The highest BCUT2D eigenvalue weighted by Gasteiger charge is 2.24. The Morgan fingerprint density at radius 3 is 2.50 bits per heavy atom. The van der Waals surface area contributed by atoms with Crippen molar-refractivity contribution in [3.63, 3.8) is 0 Å². The fraction of sp³-hybridized carbons (Fsp3) is 0.273. The van der Waals surface area contributed by atoms with Crippen LogP contribution in [0.5, 0.6) is 0 Å². The third kappa shape index (κ3) is 4.29. The smallest absolute Gasteiger partial charge is 0.175 e. The van der Waals surface area contributed by atoms with Crippen LogP contribution in [0.25, 0.3) is 11.3 Å². The highest BCUT2D eigenvalue weighted by Crippen LogP contribution is 2.30. The van der Waals surface area contributed by atoms with Gasteiger partial charge in [-0.2, -0.15) is 0 Å². The quantitative estimate of drug-likeness (QED) is 0.663. The second-order valence-corrected chi connectivity index (χ2v) is 9.36. The van der Waals surface area contributed by atoms with Crippen LogP contribution in [0.2, 0.25) is 0 Å². The molecule has 1 atom stereocenters. The lowest BCUT2D eigenvalue weighted by Gasteiger charge is -2.17. The normalized spacial score (nSPS) is 17.7. The second kappa shape index (κ2) is 7.81. The molecule has 0 N–H and O–H groups in total. The van der Waals surface area contributed by atoms with Gasteiger partial charge in [-0.3, -0.25) is 14.9 Å². The molecule has 6 heteroatoms. The van der Waals surface area contributed by atoms with Crippen LogP contribution in [0.3, 0.4) is 0 Å². The standard InChI is InChI=1S/C22H23N3O2S/c1-28(26,27)21-4-2-17(3-5-21)15-25-13-9-20(16-25)19-8-12-24-22(14-19)18-6-10-23-11-7-18/h2-8,10-12,14,20H,9,13,15-16H2,1H3/t20-/m0/s1. The Balaban J connectivity index is 1.43. The molecule has 0 radical (unpaired) electrons. The molecular formula is C22H23N3O2S. The summed E-state index contributed by atoms with van der Waals surface area (Å²) in [5, 5.41) is 0. The number of benzene rings is 1. The molecular weight excluding hydrogens is 370 g/mol. The Kier molecular flexibility index (Phi) is 5.24. The van der Waals surface area contributed by atoms with Crippen molar-refractivity contribution in [3.05, 3.63) is 78.2 Å². The van der Waals surface area contributed by atoms with E-state index >= 15 is 0 Å². The topological polar surface area (TPSA) is 63.2 Å². The molecule has 1 saturated heterocycles. The third-order valence-corrected chi connectivity index (χ3v) is 6.39. The first-order chi connectivity index (χ1) is 13.5. The number of sulfone groups is 1. The molecule has 144 valence electrons. The van der Waals surface area contributed by atoms with Crippen LogP contribution in [-0.2, 0) is 16.4 Å². The summed E-state index contributed by atoms with van der Waals surface area (Å²) in [6.07, 6.45) is 7.81. The Morgan fingerprint density at radius 2 is 1.79 bits per heavy atom. The summed E-state index contributed by atoms with van der Waals surface area (Å²) in [4.78, 5) is 11.4. The molecule has 2 aromatic heterocycles. The molecule has 28 heavy (non-hydrogen) atoms. The molecule has 0 bridgehead atoms. The predicted molar refractivity (Wildman–Crippen MR) is 110 cm³/mol. The molecule has 5 nitrogen and oxygen atoms in total. The summed E-state index contributed by atoms with van der Waals surface area (Å²) in [7, 11) is -3.14. The van der Waals surface area contributed by atoms with E-state index in [-0.39, 0.29) is 0 Å². The largest absolute Gasteiger partial charge is 0.298 e. The maximum absolute atomic E-state index is 11.6. The van der Waals surface area contributed by atoms with Crippen molar-refractivity contribution in [1.82, 2.24) is 14.9 Å². The molecule has 0 spiro atoms. The van der Waals surface area contributed by atoms with Gasteiger partial charge in [0.05, 0.1) is 10.6 Å². The number of nitrogens with zero attached hydrogens (tertiary/aromatic N) is 3. The molecule has 0 amide bonds. The molecule has 0 aliphatic carbocycles. The van der Waals surface area contributed by atoms with Gasteiger partial charge >= 0.3 is 0 Å². The average molecular weight is 394 g/mol. The van der Waals surface area contributed by atoms with E-state index in [0.29, 0.717) is 10.8 Å². The first-order valence-corrected chi connectivity index (χ1v) is 11.3. The van der Waals surface area contributed by atoms with Gasteiger partial charge in [-0.1, -0.05) is 12.1 Å². The minimum absolute atomic E-state index is 0.371. The summed E-state index contributed by atoms with van der Waals surface area (Å²) in [6, 6.07) is 15.5. The monoisotopic (exact) mass is 393 g/mol. The van der Waals surface area contributed by atoms with Gasteiger partial charge in [0.15, 0.2) is 9.84 Å². The highest BCUT2D eigenvalue weighted by atomic mass is 32.2. The number of pyridine rings is 2. The van der Waals surface area contributed by atoms with Gasteiger partial charge in [-0.05, 0) is 66.4 Å². The number of hydrogen-bond donors (Lipinski definition) is 0. The van der Waals surface area contributed by atoms with E-state index in [1.165, 1.54) is 11.8 Å². The molecule has 1 aromatic carbocycles. The average Bonchev–Trinajstić information content (AvgIpc) is 3.17. The lowest BCUT2D eigenvalue weighted by atomic mass is 9.97. The Labute approximate surface area is 166 Å². The minimum Gasteiger partial charge on any atom is -0.298 e. The van der Waals surface area contributed by atoms with E-state index in [1.807, 2.05) is 30.5 Å². The van der Waals surface area contributed by atoms with E-state index in [2.05, 4.69) is 27.0 Å². The van der Waals surface area contributed by atoms with Crippen LogP contribution in [-0.4, -0.2) is 42.6 Å². The number of hydrogen-bond acceptors (Lipinski definition) is 5.